The molecule has 0 bridgehead atoms. The monoisotopic (exact) mass is 249 g/mol. The first-order valence-electron chi connectivity index (χ1n) is 4.90. The Bertz CT molecular complexity index is 661. The molecule has 86 valence electrons. The number of anilines is 1. The molecular weight excluding hydrogens is 242 g/mol. The largest absolute Gasteiger partial charge is 0.369 e. The lowest BCUT2D eigenvalue weighted by Gasteiger charge is -2.02. The predicted octanol–water partition coefficient (Wildman–Crippen LogP) is 1.70. The number of hydrogen-bond donors (Lipinski definition) is 1. The van der Waals surface area contributed by atoms with E-state index in [0.29, 0.717) is 23.3 Å². The van der Waals surface area contributed by atoms with E-state index < -0.39 is 0 Å². The molecule has 0 fully saturated rings. The fraction of sp³-hybridized carbons (Fsp3) is 0.100. The Balaban J connectivity index is 2.14. The molecule has 0 saturated heterocycles. The molecule has 17 heavy (non-hydrogen) atoms. The molecule has 0 unspecified atom stereocenters. The van der Waals surface area contributed by atoms with Crippen LogP contribution in [0.5, 0.6) is 0 Å². The first kappa shape index (κ1) is 10.1. The zero-order valence-corrected chi connectivity index (χ0v) is 9.42. The van der Waals surface area contributed by atoms with Gasteiger partial charge in [0.15, 0.2) is 5.82 Å². The van der Waals surface area contributed by atoms with Crippen LogP contribution in [0, 0.1) is 0 Å². The number of benzene rings is 1. The predicted molar refractivity (Wildman–Crippen MR) is 62.6 cm³/mol. The first-order valence-corrected chi connectivity index (χ1v) is 5.28. The van der Waals surface area contributed by atoms with Crippen molar-refractivity contribution >= 4 is 28.6 Å². The molecule has 0 aliphatic heterocycles. The van der Waals surface area contributed by atoms with E-state index in [4.69, 9.17) is 17.3 Å². The van der Waals surface area contributed by atoms with Gasteiger partial charge in [-0.3, -0.25) is 0 Å². The summed E-state index contributed by atoms with van der Waals surface area (Å²) in [5.41, 5.74) is 7.48. The summed E-state index contributed by atoms with van der Waals surface area (Å²) in [6.45, 7) is 0.402. The number of nitrogens with zero attached hydrogens (tertiary/aromatic N) is 4. The van der Waals surface area contributed by atoms with Crippen molar-refractivity contribution in [2.75, 3.05) is 5.73 Å². The Morgan fingerprint density at radius 3 is 3.06 bits per heavy atom. The van der Waals surface area contributed by atoms with Crippen LogP contribution in [0.25, 0.3) is 11.0 Å². The third kappa shape index (κ3) is 1.72. The van der Waals surface area contributed by atoms with Crippen molar-refractivity contribution in [3.8, 4) is 0 Å². The van der Waals surface area contributed by atoms with E-state index in [0.717, 1.165) is 11.0 Å². The Labute approximate surface area is 101 Å². The van der Waals surface area contributed by atoms with Gasteiger partial charge < -0.3 is 14.8 Å². The zero-order valence-electron chi connectivity index (χ0n) is 8.67. The van der Waals surface area contributed by atoms with Crippen LogP contribution in [0.1, 0.15) is 5.82 Å². The lowest BCUT2D eigenvalue weighted by Crippen LogP contribution is -2.05. The fourth-order valence-electron chi connectivity index (χ4n) is 1.68. The second-order valence-electron chi connectivity index (χ2n) is 3.54. The number of nitrogens with two attached hydrogens (primary N) is 1. The third-order valence-electron chi connectivity index (χ3n) is 2.45. The van der Waals surface area contributed by atoms with Crippen molar-refractivity contribution in [3.63, 3.8) is 0 Å². The van der Waals surface area contributed by atoms with E-state index in [1.807, 2.05) is 6.07 Å². The summed E-state index contributed by atoms with van der Waals surface area (Å²) in [4.78, 5) is 8.18. The van der Waals surface area contributed by atoms with Crippen LogP contribution in [0.2, 0.25) is 5.02 Å². The molecule has 3 aromatic rings. The fourth-order valence-corrected chi connectivity index (χ4v) is 1.85. The second-order valence-corrected chi connectivity index (χ2v) is 3.97. The molecule has 1 aromatic carbocycles. The van der Waals surface area contributed by atoms with Gasteiger partial charge in [-0.15, -0.1) is 0 Å². The van der Waals surface area contributed by atoms with Crippen LogP contribution in [0.15, 0.2) is 29.1 Å². The van der Waals surface area contributed by atoms with E-state index in [-0.39, 0.29) is 0 Å². The normalized spacial score (nSPS) is 11.1. The molecule has 0 saturated carbocycles. The lowest BCUT2D eigenvalue weighted by atomic mass is 10.3. The van der Waals surface area contributed by atoms with Crippen molar-refractivity contribution < 1.29 is 4.52 Å². The summed E-state index contributed by atoms with van der Waals surface area (Å²) in [6.07, 6.45) is 1.28. The van der Waals surface area contributed by atoms with Crippen molar-refractivity contribution in [3.05, 3.63) is 35.4 Å². The van der Waals surface area contributed by atoms with Crippen molar-refractivity contribution in [2.24, 2.45) is 0 Å². The highest BCUT2D eigenvalue weighted by molar-refractivity contribution is 6.31. The number of imidazole rings is 1. The Morgan fingerprint density at radius 2 is 2.29 bits per heavy atom. The molecule has 2 N–H and O–H groups in total. The number of nitrogen functional groups attached to an aromatic ring is 1. The first-order chi connectivity index (χ1) is 8.24. The highest BCUT2D eigenvalue weighted by Gasteiger charge is 2.10. The summed E-state index contributed by atoms with van der Waals surface area (Å²) < 4.78 is 6.46. The van der Waals surface area contributed by atoms with Gasteiger partial charge in [0.05, 0.1) is 17.6 Å². The standard InChI is InChI=1S/C10H8ClN5O/c11-6-1-2-7-8(3-6)16(10(12)14-7)4-9-13-5-17-15-9/h1-3,5H,4H2,(H2,12,14). The minimum atomic E-state index is 0.395. The van der Waals surface area contributed by atoms with Gasteiger partial charge in [-0.2, -0.15) is 4.98 Å². The van der Waals surface area contributed by atoms with Crippen LogP contribution >= 0.6 is 11.6 Å². The van der Waals surface area contributed by atoms with Crippen molar-refractivity contribution in [1.82, 2.24) is 19.7 Å². The van der Waals surface area contributed by atoms with Gasteiger partial charge in [0.2, 0.25) is 12.3 Å². The molecule has 0 amide bonds. The van der Waals surface area contributed by atoms with Gasteiger partial charge in [0.1, 0.15) is 0 Å². The van der Waals surface area contributed by atoms with E-state index in [1.165, 1.54) is 6.39 Å². The van der Waals surface area contributed by atoms with Gasteiger partial charge >= 0.3 is 0 Å². The van der Waals surface area contributed by atoms with Crippen molar-refractivity contribution in [2.45, 2.75) is 6.54 Å². The van der Waals surface area contributed by atoms with Crippen LogP contribution in [-0.4, -0.2) is 19.7 Å². The number of aromatic nitrogens is 4. The van der Waals surface area contributed by atoms with Crippen molar-refractivity contribution in [1.29, 1.82) is 0 Å². The number of rotatable bonds is 2. The van der Waals surface area contributed by atoms with E-state index in [1.54, 1.807) is 16.7 Å². The third-order valence-corrected chi connectivity index (χ3v) is 2.68. The smallest absolute Gasteiger partial charge is 0.213 e. The maximum Gasteiger partial charge on any atom is 0.213 e. The minimum absolute atomic E-state index is 0.395. The van der Waals surface area contributed by atoms with E-state index in [2.05, 4.69) is 19.6 Å². The molecule has 2 heterocycles. The number of hydrogen-bond acceptors (Lipinski definition) is 5. The molecule has 0 spiro atoms. The molecule has 6 nitrogen and oxygen atoms in total. The van der Waals surface area contributed by atoms with Crippen LogP contribution in [-0.2, 0) is 6.54 Å². The molecule has 7 heteroatoms. The average molecular weight is 250 g/mol. The van der Waals surface area contributed by atoms with E-state index in [9.17, 15) is 0 Å². The summed E-state index contributed by atoms with van der Waals surface area (Å²) in [5.74, 6) is 0.933. The molecule has 0 atom stereocenters. The Kier molecular flexibility index (Phi) is 2.22. The topological polar surface area (TPSA) is 82.8 Å². The van der Waals surface area contributed by atoms with Gasteiger partial charge in [-0.05, 0) is 18.2 Å². The van der Waals surface area contributed by atoms with Crippen LogP contribution < -0.4 is 5.73 Å². The average Bonchev–Trinajstić information content (AvgIpc) is 2.90. The molecule has 2 aromatic heterocycles. The molecule has 0 aliphatic carbocycles. The van der Waals surface area contributed by atoms with Gasteiger partial charge in [0.25, 0.3) is 0 Å². The highest BCUT2D eigenvalue weighted by Crippen LogP contribution is 2.22. The van der Waals surface area contributed by atoms with Crippen LogP contribution in [0.4, 0.5) is 5.95 Å². The summed E-state index contributed by atoms with van der Waals surface area (Å²) in [6, 6.07) is 5.40. The zero-order chi connectivity index (χ0) is 11.8. The molecule has 0 radical (unpaired) electrons. The van der Waals surface area contributed by atoms with E-state index >= 15 is 0 Å². The molecular formula is C10H8ClN5O. The number of halogens is 1. The minimum Gasteiger partial charge on any atom is -0.369 e. The lowest BCUT2D eigenvalue weighted by molar-refractivity contribution is 0.408. The van der Waals surface area contributed by atoms with Gasteiger partial charge in [-0.1, -0.05) is 16.8 Å². The number of fused-ring (bicyclic) bond motifs is 1. The Hall–Kier alpha value is -2.08. The molecule has 3 rings (SSSR count). The van der Waals surface area contributed by atoms with Gasteiger partial charge in [0, 0.05) is 5.02 Å². The Morgan fingerprint density at radius 1 is 1.41 bits per heavy atom. The quantitative estimate of drug-likeness (QED) is 0.747. The maximum atomic E-state index is 5.95. The second kappa shape index (κ2) is 3.74. The van der Waals surface area contributed by atoms with Gasteiger partial charge in [-0.25, -0.2) is 4.98 Å². The summed E-state index contributed by atoms with van der Waals surface area (Å²) in [7, 11) is 0. The summed E-state index contributed by atoms with van der Waals surface area (Å²) in [5, 5.41) is 4.37. The van der Waals surface area contributed by atoms with Crippen LogP contribution in [0.3, 0.4) is 0 Å². The SMILES string of the molecule is Nc1nc2ccc(Cl)cc2n1Cc1ncon1. The highest BCUT2D eigenvalue weighted by atomic mass is 35.5. The summed E-state index contributed by atoms with van der Waals surface area (Å²) >= 11 is 5.95. The maximum absolute atomic E-state index is 5.95. The molecule has 0 aliphatic rings.